The van der Waals surface area contributed by atoms with Gasteiger partial charge in [0.25, 0.3) is 10.9 Å². The number of fused-ring (bicyclic) bond motifs is 1. The molecule has 0 saturated carbocycles. The van der Waals surface area contributed by atoms with E-state index in [0.29, 0.717) is 28.5 Å². The number of benzene rings is 3. The van der Waals surface area contributed by atoms with Gasteiger partial charge in [0.05, 0.1) is 29.9 Å². The van der Waals surface area contributed by atoms with Crippen molar-refractivity contribution in [3.05, 3.63) is 130 Å². The second-order valence-corrected chi connectivity index (χ2v) is 11.1. The molecule has 1 amide bonds. The van der Waals surface area contributed by atoms with Gasteiger partial charge in [0, 0.05) is 41.1 Å². The molecule has 43 heavy (non-hydrogen) atoms. The molecule has 2 aliphatic heterocycles. The van der Waals surface area contributed by atoms with Crippen molar-refractivity contribution in [2.45, 2.75) is 36.6 Å². The Kier molecular flexibility index (Phi) is 8.21. The van der Waals surface area contributed by atoms with Crippen LogP contribution in [0.1, 0.15) is 66.6 Å². The average Bonchev–Trinajstić information content (AvgIpc) is 3.32. The molecule has 4 aromatic rings. The summed E-state index contributed by atoms with van der Waals surface area (Å²) in [5, 5.41) is 25.0. The van der Waals surface area contributed by atoms with Gasteiger partial charge >= 0.3 is 11.9 Å². The Morgan fingerprint density at radius 3 is 2.53 bits per heavy atom. The Balaban J connectivity index is 1.21. The molecule has 11 heteroatoms. The zero-order valence-electron chi connectivity index (χ0n) is 22.7. The van der Waals surface area contributed by atoms with Crippen LogP contribution in [0.25, 0.3) is 0 Å². The summed E-state index contributed by atoms with van der Waals surface area (Å²) in [4.78, 5) is 36.7. The first-order chi connectivity index (χ1) is 20.9. The van der Waals surface area contributed by atoms with Crippen LogP contribution in [0.3, 0.4) is 0 Å². The second kappa shape index (κ2) is 12.4. The van der Waals surface area contributed by atoms with Crippen molar-refractivity contribution in [2.75, 3.05) is 11.1 Å². The highest BCUT2D eigenvalue weighted by molar-refractivity contribution is 7.99. The molecule has 0 aliphatic carbocycles. The van der Waals surface area contributed by atoms with Crippen molar-refractivity contribution in [3.8, 4) is 0 Å². The van der Waals surface area contributed by atoms with E-state index in [1.54, 1.807) is 30.3 Å². The van der Waals surface area contributed by atoms with Crippen LogP contribution >= 0.6 is 11.8 Å². The van der Waals surface area contributed by atoms with E-state index in [1.165, 1.54) is 36.2 Å². The highest BCUT2D eigenvalue weighted by atomic mass is 32.2. The topological polar surface area (TPSA) is 138 Å². The van der Waals surface area contributed by atoms with Crippen molar-refractivity contribution in [1.82, 2.24) is 0 Å². The summed E-state index contributed by atoms with van der Waals surface area (Å²) < 4.78 is 18.2. The summed E-state index contributed by atoms with van der Waals surface area (Å²) in [7, 11) is 0. The van der Waals surface area contributed by atoms with Crippen LogP contribution < -0.4 is 10.0 Å². The summed E-state index contributed by atoms with van der Waals surface area (Å²) in [6.45, 7) is -0.0603. The van der Waals surface area contributed by atoms with E-state index in [9.17, 15) is 24.7 Å². The quantitative estimate of drug-likeness (QED) is 0.0971. The van der Waals surface area contributed by atoms with Gasteiger partial charge in [-0.05, 0) is 47.5 Å². The lowest BCUT2D eigenvalue weighted by Gasteiger charge is -2.36. The number of nitrogens with one attached hydrogen (secondary N) is 1. The number of nitrogens with zero attached hydrogens (tertiary/aromatic N) is 1. The van der Waals surface area contributed by atoms with Gasteiger partial charge in [-0.25, -0.2) is 9.59 Å². The number of hydrogen-bond acceptors (Lipinski definition) is 9. The van der Waals surface area contributed by atoms with Gasteiger partial charge in [-0.3, -0.25) is 4.79 Å². The fraction of sp³-hybridized carbons (Fsp3) is 0.188. The highest BCUT2D eigenvalue weighted by Crippen LogP contribution is 2.39. The van der Waals surface area contributed by atoms with Crippen molar-refractivity contribution in [2.24, 2.45) is 0 Å². The predicted octanol–water partition coefficient (Wildman–Crippen LogP) is 4.71. The third-order valence-corrected chi connectivity index (χ3v) is 8.29. The molecule has 0 spiro atoms. The summed E-state index contributed by atoms with van der Waals surface area (Å²) in [6.07, 6.45) is 0.648. The highest BCUT2D eigenvalue weighted by Gasteiger charge is 2.33. The molecule has 0 radical (unpaired) electrons. The molecular weight excluding hydrogens is 572 g/mol. The van der Waals surface area contributed by atoms with Crippen LogP contribution in [0.15, 0.2) is 96.2 Å². The van der Waals surface area contributed by atoms with Crippen LogP contribution in [0, 0.1) is 5.21 Å². The number of carbonyl (C=O) groups excluding carboxylic acids is 3. The first kappa shape index (κ1) is 28.6. The lowest BCUT2D eigenvalue weighted by Crippen LogP contribution is -2.32. The van der Waals surface area contributed by atoms with Crippen molar-refractivity contribution >= 4 is 35.3 Å². The van der Waals surface area contributed by atoms with Crippen molar-refractivity contribution < 1.29 is 38.4 Å². The zero-order chi connectivity index (χ0) is 29.9. The minimum absolute atomic E-state index is 0.0513. The number of anilines is 1. The normalized spacial score (nSPS) is 19.5. The van der Waals surface area contributed by atoms with E-state index in [4.69, 9.17) is 9.47 Å². The Morgan fingerprint density at radius 2 is 1.74 bits per heavy atom. The Labute approximate surface area is 250 Å². The van der Waals surface area contributed by atoms with Crippen LogP contribution in [0.5, 0.6) is 0 Å². The van der Waals surface area contributed by atoms with Gasteiger partial charge in [-0.15, -0.1) is 0 Å². The molecule has 1 aromatic heterocycles. The molecule has 6 rings (SSSR count). The van der Waals surface area contributed by atoms with Gasteiger partial charge in [0.2, 0.25) is 0 Å². The number of cyclic esters (lactones) is 2. The zero-order valence-corrected chi connectivity index (χ0v) is 23.5. The number of carbonyl (C=O) groups is 3. The lowest BCUT2D eigenvalue weighted by atomic mass is 10.0. The summed E-state index contributed by atoms with van der Waals surface area (Å²) >= 11 is 1.40. The summed E-state index contributed by atoms with van der Waals surface area (Å²) in [5.74, 6) is -1.48. The van der Waals surface area contributed by atoms with E-state index >= 15 is 0 Å². The Hall–Kier alpha value is -4.55. The predicted molar refractivity (Wildman–Crippen MR) is 155 cm³/mol. The molecule has 1 saturated heterocycles. The number of rotatable bonds is 8. The van der Waals surface area contributed by atoms with Crippen LogP contribution in [-0.4, -0.2) is 34.8 Å². The third kappa shape index (κ3) is 6.30. The Bertz CT molecular complexity index is 1690. The molecule has 1 unspecified atom stereocenters. The molecule has 3 heterocycles. The maximum absolute atomic E-state index is 13.0. The van der Waals surface area contributed by atoms with Crippen LogP contribution in [-0.2, 0) is 20.8 Å². The van der Waals surface area contributed by atoms with E-state index in [0.717, 1.165) is 15.9 Å². The number of hydrogen-bond donors (Lipinski definition) is 2. The molecule has 0 bridgehead atoms. The second-order valence-electron chi connectivity index (χ2n) is 10.0. The molecule has 3 aromatic carbocycles. The first-order valence-electron chi connectivity index (χ1n) is 13.5. The van der Waals surface area contributed by atoms with Crippen LogP contribution in [0.2, 0.25) is 0 Å². The maximum atomic E-state index is 13.0. The molecule has 2 aliphatic rings. The maximum Gasteiger partial charge on any atom is 0.346 e. The number of pyridine rings is 1. The smallest absolute Gasteiger partial charge is 0.346 e. The number of aliphatic hydroxyl groups excluding tert-OH is 1. The number of ether oxygens (including phenoxy) is 3. The van der Waals surface area contributed by atoms with E-state index in [-0.39, 0.29) is 35.5 Å². The standard InChI is InChI=1S/C32H26N2O8S/c35-17-19-7-9-20(10-8-19)27-16-24(18-43-28-6-1-2-13-34(28)39)40-32(41-27)22-4-3-5-23(14-22)33-29(36)21-11-12-25-26(15-21)31(38)42-30(25)37/h1-15,24,27,32,35H,16-18H2,(H,33,36)/t24-,27+,32?/m0/s1. The fourth-order valence-electron chi connectivity index (χ4n) is 4.92. The average molecular weight is 599 g/mol. The first-order valence-corrected chi connectivity index (χ1v) is 14.5. The molecule has 10 nitrogen and oxygen atoms in total. The van der Waals surface area contributed by atoms with Crippen molar-refractivity contribution in [1.29, 1.82) is 0 Å². The van der Waals surface area contributed by atoms with Gasteiger partial charge in [-0.2, -0.15) is 4.73 Å². The summed E-state index contributed by atoms with van der Waals surface area (Å²) in [5.41, 5.74) is 3.24. The minimum Gasteiger partial charge on any atom is -0.618 e. The molecule has 218 valence electrons. The van der Waals surface area contributed by atoms with Gasteiger partial charge in [-0.1, -0.05) is 48.2 Å². The number of thioether (sulfide) groups is 1. The third-order valence-electron chi connectivity index (χ3n) is 7.14. The number of aliphatic hydroxyl groups is 1. The number of amides is 1. The molecular formula is C32H26N2O8S. The Morgan fingerprint density at radius 1 is 0.930 bits per heavy atom. The fourth-order valence-corrected chi connectivity index (χ4v) is 5.85. The lowest BCUT2D eigenvalue weighted by molar-refractivity contribution is -0.645. The van der Waals surface area contributed by atoms with Crippen molar-refractivity contribution in [3.63, 3.8) is 0 Å². The molecule has 3 atom stereocenters. The molecule has 1 fully saturated rings. The number of esters is 2. The summed E-state index contributed by atoms with van der Waals surface area (Å²) in [6, 6.07) is 24.0. The largest absolute Gasteiger partial charge is 0.618 e. The van der Waals surface area contributed by atoms with Gasteiger partial charge in [0.15, 0.2) is 12.5 Å². The van der Waals surface area contributed by atoms with E-state index < -0.39 is 24.1 Å². The SMILES string of the molecule is O=C(Nc1cccc(C2O[C@H](CSc3cccc[n+]3[O-])C[C@H](c3ccc(CO)cc3)O2)c1)c1ccc2c(c1)C(=O)OC2=O. The van der Waals surface area contributed by atoms with E-state index in [2.05, 4.69) is 10.1 Å². The number of aromatic nitrogens is 1. The van der Waals surface area contributed by atoms with Gasteiger partial charge < -0.3 is 29.8 Å². The van der Waals surface area contributed by atoms with E-state index in [1.807, 2.05) is 36.4 Å². The monoisotopic (exact) mass is 598 g/mol. The van der Waals surface area contributed by atoms with Gasteiger partial charge in [0.1, 0.15) is 0 Å². The van der Waals surface area contributed by atoms with Crippen LogP contribution in [0.4, 0.5) is 5.69 Å². The minimum atomic E-state index is -0.783. The molecule has 2 N–H and O–H groups in total.